The van der Waals surface area contributed by atoms with Crippen molar-refractivity contribution in [3.63, 3.8) is 0 Å². The average molecular weight is 353 g/mol. The molecule has 0 spiro atoms. The van der Waals surface area contributed by atoms with E-state index in [1.165, 1.54) is 0 Å². The second kappa shape index (κ2) is 6.59. The Balaban J connectivity index is 1.52. The van der Waals surface area contributed by atoms with E-state index in [0.717, 1.165) is 24.2 Å². The van der Waals surface area contributed by atoms with Gasteiger partial charge in [0.2, 0.25) is 5.91 Å². The molecular weight excluding hydrogens is 330 g/mol. The molecule has 6 nitrogen and oxygen atoms in total. The van der Waals surface area contributed by atoms with Crippen LogP contribution in [0.4, 0.5) is 0 Å². The monoisotopic (exact) mass is 353 g/mol. The molecule has 136 valence electrons. The predicted octanol–water partition coefficient (Wildman–Crippen LogP) is 2.77. The summed E-state index contributed by atoms with van der Waals surface area (Å²) in [6.45, 7) is 4.07. The molecule has 2 fully saturated rings. The van der Waals surface area contributed by atoms with Crippen LogP contribution in [-0.2, 0) is 4.79 Å². The molecule has 1 saturated carbocycles. The molecule has 2 amide bonds. The number of pyridine rings is 1. The van der Waals surface area contributed by atoms with Crippen molar-refractivity contribution in [2.24, 2.45) is 5.92 Å². The predicted molar refractivity (Wildman–Crippen MR) is 95.5 cm³/mol. The van der Waals surface area contributed by atoms with Gasteiger partial charge in [-0.2, -0.15) is 0 Å². The molecule has 0 unspecified atom stereocenters. The lowest BCUT2D eigenvalue weighted by atomic mass is 9.94. The third kappa shape index (κ3) is 3.11. The number of furan rings is 1. The van der Waals surface area contributed by atoms with Crippen LogP contribution in [0.15, 0.2) is 35.0 Å². The lowest BCUT2D eigenvalue weighted by molar-refractivity contribution is -0.129. The highest BCUT2D eigenvalue weighted by Gasteiger charge is 2.47. The maximum Gasteiger partial charge on any atom is 0.254 e. The third-order valence-electron chi connectivity index (χ3n) is 5.25. The van der Waals surface area contributed by atoms with Gasteiger partial charge in [-0.15, -0.1) is 0 Å². The summed E-state index contributed by atoms with van der Waals surface area (Å²) in [4.78, 5) is 31.3. The summed E-state index contributed by atoms with van der Waals surface area (Å²) >= 11 is 0. The van der Waals surface area contributed by atoms with Crippen LogP contribution in [0.3, 0.4) is 0 Å². The molecule has 1 N–H and O–H groups in total. The topological polar surface area (TPSA) is 75.4 Å². The van der Waals surface area contributed by atoms with Crippen LogP contribution in [0.25, 0.3) is 0 Å². The number of rotatable bonds is 5. The zero-order chi connectivity index (χ0) is 18.3. The number of aryl methyl sites for hydroxylation is 2. The van der Waals surface area contributed by atoms with Gasteiger partial charge >= 0.3 is 0 Å². The van der Waals surface area contributed by atoms with Crippen molar-refractivity contribution >= 4 is 11.8 Å². The Labute approximate surface area is 152 Å². The highest BCUT2D eigenvalue weighted by atomic mass is 16.3. The SMILES string of the molecule is Cc1cc(C(=O)NC[C@@H]2CC(=O)N(C3CC3)[C@H]2c2cccnc2)c(C)o1. The standard InChI is InChI=1S/C20H23N3O3/c1-12-8-17(13(2)26-12)20(25)22-11-15-9-18(24)23(16-5-6-16)19(15)14-4-3-7-21-10-14/h3-4,7-8,10,15-16,19H,5-6,9,11H2,1-2H3,(H,22,25)/t15-,19-/m0/s1. The number of nitrogens with zero attached hydrogens (tertiary/aromatic N) is 2. The summed E-state index contributed by atoms with van der Waals surface area (Å²) in [5.74, 6) is 1.41. The Hall–Kier alpha value is -2.63. The van der Waals surface area contributed by atoms with Crippen LogP contribution in [0, 0.1) is 19.8 Å². The first-order chi connectivity index (χ1) is 12.5. The van der Waals surface area contributed by atoms with Crippen LogP contribution < -0.4 is 5.32 Å². The van der Waals surface area contributed by atoms with Crippen LogP contribution in [0.1, 0.15) is 52.7 Å². The largest absolute Gasteiger partial charge is 0.466 e. The molecule has 0 bridgehead atoms. The Kier molecular flexibility index (Phi) is 4.26. The van der Waals surface area contributed by atoms with Gasteiger partial charge in [-0.3, -0.25) is 14.6 Å². The van der Waals surface area contributed by atoms with E-state index in [1.54, 1.807) is 19.2 Å². The van der Waals surface area contributed by atoms with Gasteiger partial charge < -0.3 is 14.6 Å². The van der Waals surface area contributed by atoms with Crippen LogP contribution in [0.2, 0.25) is 0 Å². The van der Waals surface area contributed by atoms with E-state index in [9.17, 15) is 9.59 Å². The molecule has 2 aromatic heterocycles. The second-order valence-corrected chi connectivity index (χ2v) is 7.26. The van der Waals surface area contributed by atoms with Gasteiger partial charge in [0.25, 0.3) is 5.91 Å². The fourth-order valence-electron chi connectivity index (χ4n) is 3.95. The summed E-state index contributed by atoms with van der Waals surface area (Å²) in [5.41, 5.74) is 1.60. The van der Waals surface area contributed by atoms with Gasteiger partial charge in [-0.05, 0) is 44.4 Å². The van der Waals surface area contributed by atoms with Gasteiger partial charge in [0.15, 0.2) is 0 Å². The van der Waals surface area contributed by atoms with E-state index in [-0.39, 0.29) is 23.8 Å². The Bertz CT molecular complexity index is 826. The van der Waals surface area contributed by atoms with E-state index in [1.807, 2.05) is 30.2 Å². The smallest absolute Gasteiger partial charge is 0.254 e. The minimum Gasteiger partial charge on any atom is -0.466 e. The first-order valence-corrected chi connectivity index (χ1v) is 9.11. The van der Waals surface area contributed by atoms with E-state index in [4.69, 9.17) is 4.42 Å². The Morgan fingerprint density at radius 3 is 2.81 bits per heavy atom. The lowest BCUT2D eigenvalue weighted by Crippen LogP contribution is -2.35. The highest BCUT2D eigenvalue weighted by molar-refractivity contribution is 5.95. The fourth-order valence-corrected chi connectivity index (χ4v) is 3.95. The first-order valence-electron chi connectivity index (χ1n) is 9.11. The summed E-state index contributed by atoms with van der Waals surface area (Å²) < 4.78 is 5.44. The molecule has 2 aromatic rings. The molecular formula is C20H23N3O3. The molecule has 6 heteroatoms. The average Bonchev–Trinajstić information content (AvgIpc) is 3.33. The summed E-state index contributed by atoms with van der Waals surface area (Å²) in [5, 5.41) is 3.00. The van der Waals surface area contributed by atoms with E-state index < -0.39 is 0 Å². The van der Waals surface area contributed by atoms with Crippen molar-refractivity contribution in [2.45, 2.75) is 45.2 Å². The molecule has 4 rings (SSSR count). The molecule has 0 aromatic carbocycles. The summed E-state index contributed by atoms with van der Waals surface area (Å²) in [6, 6.07) is 5.99. The molecule has 2 aliphatic rings. The number of likely N-dealkylation sites (tertiary alicyclic amines) is 1. The maximum absolute atomic E-state index is 12.6. The van der Waals surface area contributed by atoms with Crippen LogP contribution >= 0.6 is 0 Å². The number of nitrogens with one attached hydrogen (secondary N) is 1. The van der Waals surface area contributed by atoms with Gasteiger partial charge in [0.1, 0.15) is 11.5 Å². The normalized spacial score (nSPS) is 22.7. The van der Waals surface area contributed by atoms with Crippen molar-refractivity contribution in [3.05, 3.63) is 53.2 Å². The van der Waals surface area contributed by atoms with Crippen LogP contribution in [-0.4, -0.2) is 34.3 Å². The molecule has 1 aliphatic carbocycles. The van der Waals surface area contributed by atoms with Crippen molar-refractivity contribution in [1.29, 1.82) is 0 Å². The molecule has 3 heterocycles. The third-order valence-corrected chi connectivity index (χ3v) is 5.25. The van der Waals surface area contributed by atoms with Crippen molar-refractivity contribution < 1.29 is 14.0 Å². The van der Waals surface area contributed by atoms with Gasteiger partial charge in [0.05, 0.1) is 11.6 Å². The van der Waals surface area contributed by atoms with Crippen molar-refractivity contribution in [2.75, 3.05) is 6.54 Å². The lowest BCUT2D eigenvalue weighted by Gasteiger charge is -2.28. The van der Waals surface area contributed by atoms with Crippen LogP contribution in [0.5, 0.6) is 0 Å². The van der Waals surface area contributed by atoms with Gasteiger partial charge in [-0.25, -0.2) is 0 Å². The van der Waals surface area contributed by atoms with Crippen molar-refractivity contribution in [3.8, 4) is 0 Å². The zero-order valence-electron chi connectivity index (χ0n) is 15.1. The van der Waals surface area contributed by atoms with Crippen molar-refractivity contribution in [1.82, 2.24) is 15.2 Å². The second-order valence-electron chi connectivity index (χ2n) is 7.26. The number of carbonyl (C=O) groups is 2. The minimum absolute atomic E-state index is 0.0174. The fraction of sp³-hybridized carbons (Fsp3) is 0.450. The van der Waals surface area contributed by atoms with E-state index in [2.05, 4.69) is 10.3 Å². The number of carbonyl (C=O) groups excluding carboxylic acids is 2. The van der Waals surface area contributed by atoms with Gasteiger partial charge in [0, 0.05) is 37.3 Å². The number of amides is 2. The summed E-state index contributed by atoms with van der Waals surface area (Å²) in [6.07, 6.45) is 6.16. The molecule has 0 radical (unpaired) electrons. The maximum atomic E-state index is 12.6. The minimum atomic E-state index is -0.151. The van der Waals surface area contributed by atoms with Gasteiger partial charge in [-0.1, -0.05) is 6.07 Å². The number of hydrogen-bond donors (Lipinski definition) is 1. The Morgan fingerprint density at radius 1 is 1.38 bits per heavy atom. The quantitative estimate of drug-likeness (QED) is 0.897. The zero-order valence-corrected chi connectivity index (χ0v) is 15.1. The molecule has 26 heavy (non-hydrogen) atoms. The summed E-state index contributed by atoms with van der Waals surface area (Å²) in [7, 11) is 0. The highest BCUT2D eigenvalue weighted by Crippen LogP contribution is 2.44. The first kappa shape index (κ1) is 16.8. The molecule has 1 saturated heterocycles. The Morgan fingerprint density at radius 2 is 2.19 bits per heavy atom. The molecule has 2 atom stereocenters. The molecule has 1 aliphatic heterocycles. The number of aromatic nitrogens is 1. The number of hydrogen-bond acceptors (Lipinski definition) is 4. The van der Waals surface area contributed by atoms with E-state index in [0.29, 0.717) is 30.3 Å². The van der Waals surface area contributed by atoms with E-state index >= 15 is 0 Å².